The van der Waals surface area contributed by atoms with Crippen LogP contribution < -0.4 is 0 Å². The molecule has 3 fully saturated rings. The number of allylic oxidation sites excluding steroid dienone is 1. The van der Waals surface area contributed by atoms with E-state index < -0.39 is 0 Å². The molecule has 3 heteroatoms. The summed E-state index contributed by atoms with van der Waals surface area (Å²) in [6.07, 6.45) is 2.45. The van der Waals surface area contributed by atoms with Gasteiger partial charge in [-0.2, -0.15) is 0 Å². The Morgan fingerprint density at radius 1 is 1.22 bits per heavy atom. The van der Waals surface area contributed by atoms with Crippen LogP contribution in [0.5, 0.6) is 0 Å². The standard InChI is InChI=1S/C15H20O3/c1-7-4-5-10-8(2)15(17)18-14(10)13-9(3)12(16)6-11(7)13/h8-11,13-14H,1,4-6H2,2-3H3/t8-,9+,10?,11-,13?,14-/m0/s1. The van der Waals surface area contributed by atoms with Crippen molar-refractivity contribution in [2.75, 3.05) is 0 Å². The zero-order valence-electron chi connectivity index (χ0n) is 11.0. The van der Waals surface area contributed by atoms with E-state index in [1.165, 1.54) is 5.57 Å². The largest absolute Gasteiger partial charge is 0.461 e. The first kappa shape index (κ1) is 11.9. The highest BCUT2D eigenvalue weighted by Gasteiger charge is 2.55. The summed E-state index contributed by atoms with van der Waals surface area (Å²) in [5, 5.41) is 0. The third-order valence-corrected chi connectivity index (χ3v) is 5.36. The molecule has 2 saturated carbocycles. The van der Waals surface area contributed by atoms with Gasteiger partial charge in [-0.25, -0.2) is 0 Å². The van der Waals surface area contributed by atoms with Crippen molar-refractivity contribution < 1.29 is 14.3 Å². The van der Waals surface area contributed by atoms with Crippen molar-refractivity contribution in [1.29, 1.82) is 0 Å². The highest BCUT2D eigenvalue weighted by molar-refractivity contribution is 5.84. The molecule has 3 rings (SSSR count). The molecule has 2 aliphatic carbocycles. The van der Waals surface area contributed by atoms with Crippen LogP contribution in [0, 0.1) is 29.6 Å². The lowest BCUT2D eigenvalue weighted by Crippen LogP contribution is -2.32. The van der Waals surface area contributed by atoms with E-state index in [2.05, 4.69) is 6.58 Å². The van der Waals surface area contributed by atoms with E-state index >= 15 is 0 Å². The van der Waals surface area contributed by atoms with Gasteiger partial charge in [-0.15, -0.1) is 0 Å². The molecule has 6 atom stereocenters. The third kappa shape index (κ3) is 1.49. The maximum atomic E-state index is 12.0. The molecule has 0 aromatic carbocycles. The van der Waals surface area contributed by atoms with Crippen molar-refractivity contribution in [2.45, 2.75) is 39.2 Å². The maximum Gasteiger partial charge on any atom is 0.309 e. The van der Waals surface area contributed by atoms with Crippen LogP contribution in [0.15, 0.2) is 12.2 Å². The van der Waals surface area contributed by atoms with Crippen LogP contribution in [0.3, 0.4) is 0 Å². The van der Waals surface area contributed by atoms with Gasteiger partial charge in [-0.1, -0.05) is 26.0 Å². The van der Waals surface area contributed by atoms with Crippen molar-refractivity contribution in [3.63, 3.8) is 0 Å². The van der Waals surface area contributed by atoms with Gasteiger partial charge in [0.1, 0.15) is 11.9 Å². The van der Waals surface area contributed by atoms with Gasteiger partial charge in [0.2, 0.25) is 0 Å². The van der Waals surface area contributed by atoms with Gasteiger partial charge in [0, 0.05) is 24.2 Å². The number of carbonyl (C=O) groups excluding carboxylic acids is 2. The number of esters is 1. The summed E-state index contributed by atoms with van der Waals surface area (Å²) < 4.78 is 5.61. The molecular weight excluding hydrogens is 228 g/mol. The molecule has 3 aliphatic rings. The first-order chi connectivity index (χ1) is 8.50. The number of ether oxygens (including phenoxy) is 1. The average Bonchev–Trinajstić information content (AvgIpc) is 2.72. The quantitative estimate of drug-likeness (QED) is 0.488. The topological polar surface area (TPSA) is 43.4 Å². The number of Topliss-reactive ketones (excluding diaryl/α,β-unsaturated/α-hetero) is 1. The minimum absolute atomic E-state index is 0.00968. The Hall–Kier alpha value is -1.12. The minimum Gasteiger partial charge on any atom is -0.461 e. The summed E-state index contributed by atoms with van der Waals surface area (Å²) in [6, 6.07) is 0. The van der Waals surface area contributed by atoms with E-state index in [0.29, 0.717) is 12.2 Å². The summed E-state index contributed by atoms with van der Waals surface area (Å²) in [5.74, 6) is 0.898. The van der Waals surface area contributed by atoms with Gasteiger partial charge in [0.15, 0.2) is 0 Å². The summed E-state index contributed by atoms with van der Waals surface area (Å²) >= 11 is 0. The van der Waals surface area contributed by atoms with Gasteiger partial charge in [0.25, 0.3) is 0 Å². The molecule has 18 heavy (non-hydrogen) atoms. The summed E-state index contributed by atoms with van der Waals surface area (Å²) in [4.78, 5) is 23.7. The number of hydrogen-bond donors (Lipinski definition) is 0. The molecule has 0 radical (unpaired) electrons. The maximum absolute atomic E-state index is 12.0. The van der Waals surface area contributed by atoms with E-state index in [4.69, 9.17) is 4.74 Å². The van der Waals surface area contributed by atoms with Crippen LogP contribution in [0.25, 0.3) is 0 Å². The molecular formula is C15H20O3. The Morgan fingerprint density at radius 3 is 2.67 bits per heavy atom. The van der Waals surface area contributed by atoms with E-state index in [0.717, 1.165) is 12.8 Å². The lowest BCUT2D eigenvalue weighted by molar-refractivity contribution is -0.146. The van der Waals surface area contributed by atoms with Crippen LogP contribution in [-0.2, 0) is 14.3 Å². The van der Waals surface area contributed by atoms with E-state index in [1.54, 1.807) is 0 Å². The van der Waals surface area contributed by atoms with Crippen LogP contribution >= 0.6 is 0 Å². The predicted molar refractivity (Wildman–Crippen MR) is 66.7 cm³/mol. The van der Waals surface area contributed by atoms with Crippen molar-refractivity contribution in [2.24, 2.45) is 29.6 Å². The van der Waals surface area contributed by atoms with Crippen molar-refractivity contribution in [3.8, 4) is 0 Å². The van der Waals surface area contributed by atoms with Gasteiger partial charge in [0.05, 0.1) is 5.92 Å². The second kappa shape index (κ2) is 3.94. The Bertz CT molecular complexity index is 425. The van der Waals surface area contributed by atoms with Gasteiger partial charge in [-0.05, 0) is 18.8 Å². The lowest BCUT2D eigenvalue weighted by atomic mass is 9.78. The lowest BCUT2D eigenvalue weighted by Gasteiger charge is -2.28. The van der Waals surface area contributed by atoms with Crippen LogP contribution in [0.1, 0.15) is 33.1 Å². The molecule has 1 aliphatic heterocycles. The number of hydrogen-bond acceptors (Lipinski definition) is 3. The number of rotatable bonds is 0. The molecule has 3 nitrogen and oxygen atoms in total. The molecule has 0 spiro atoms. The fourth-order valence-electron chi connectivity index (χ4n) is 4.14. The summed E-state index contributed by atoms with van der Waals surface area (Å²) in [6.45, 7) is 8.11. The molecule has 0 bridgehead atoms. The molecule has 2 unspecified atom stereocenters. The van der Waals surface area contributed by atoms with Crippen molar-refractivity contribution >= 4 is 11.8 Å². The van der Waals surface area contributed by atoms with Gasteiger partial charge in [-0.3, -0.25) is 9.59 Å². The fraction of sp³-hybridized carbons (Fsp3) is 0.733. The normalized spacial score (nSPS) is 47.6. The minimum atomic E-state index is -0.0807. The van der Waals surface area contributed by atoms with Crippen LogP contribution in [-0.4, -0.2) is 17.9 Å². The third-order valence-electron chi connectivity index (χ3n) is 5.36. The smallest absolute Gasteiger partial charge is 0.309 e. The summed E-state index contributed by atoms with van der Waals surface area (Å²) in [7, 11) is 0. The van der Waals surface area contributed by atoms with Gasteiger partial charge < -0.3 is 4.74 Å². The molecule has 0 amide bonds. The Balaban J connectivity index is 1.98. The van der Waals surface area contributed by atoms with Crippen molar-refractivity contribution in [3.05, 3.63) is 12.2 Å². The molecule has 0 N–H and O–H groups in total. The molecule has 0 aromatic rings. The highest BCUT2D eigenvalue weighted by Crippen LogP contribution is 2.51. The molecule has 1 saturated heterocycles. The van der Waals surface area contributed by atoms with Gasteiger partial charge >= 0.3 is 5.97 Å². The van der Waals surface area contributed by atoms with Crippen LogP contribution in [0.4, 0.5) is 0 Å². The molecule has 1 heterocycles. The fourth-order valence-corrected chi connectivity index (χ4v) is 4.14. The Labute approximate surface area is 108 Å². The highest BCUT2D eigenvalue weighted by atomic mass is 16.6. The SMILES string of the molecule is C=C1CCC2[C@H](OC(=O)[C@H]2C)C2[C@H](C)C(=O)C[C@@H]12. The first-order valence-corrected chi connectivity index (χ1v) is 6.91. The number of carbonyl (C=O) groups is 2. The number of ketones is 1. The van der Waals surface area contributed by atoms with Crippen molar-refractivity contribution in [1.82, 2.24) is 0 Å². The molecule has 98 valence electrons. The van der Waals surface area contributed by atoms with E-state index in [1.807, 2.05) is 13.8 Å². The zero-order chi connectivity index (χ0) is 13.0. The second-order valence-corrected chi connectivity index (χ2v) is 6.19. The average molecular weight is 248 g/mol. The predicted octanol–water partition coefficient (Wildman–Crippen LogP) is 2.36. The Kier molecular flexibility index (Phi) is 2.61. The Morgan fingerprint density at radius 2 is 1.94 bits per heavy atom. The first-order valence-electron chi connectivity index (χ1n) is 6.91. The number of fused-ring (bicyclic) bond motifs is 3. The second-order valence-electron chi connectivity index (χ2n) is 6.19. The monoisotopic (exact) mass is 248 g/mol. The summed E-state index contributed by atoms with van der Waals surface area (Å²) in [5.41, 5.74) is 1.19. The van der Waals surface area contributed by atoms with Crippen LogP contribution in [0.2, 0.25) is 0 Å². The molecule has 0 aromatic heterocycles. The van der Waals surface area contributed by atoms with E-state index in [9.17, 15) is 9.59 Å². The van der Waals surface area contributed by atoms with E-state index in [-0.39, 0.29) is 41.7 Å². The zero-order valence-corrected chi connectivity index (χ0v) is 11.0.